The standard InChI is InChI=1S/C49H92O5/c1-4-7-10-13-16-19-22-24-25-27-28-30-33-36-39-42-48(50)53-46-47(45-52-44-41-38-35-32-21-18-15-12-9-6-3)54-49(51)43-40-37-34-31-29-26-23-20-17-14-11-8-5-2/h11,14,20,23,47H,4-10,12-13,15-19,21-22,24-46H2,1-3H3/b14-11-,23-20-. The molecule has 0 aromatic rings. The Morgan fingerprint density at radius 3 is 1.30 bits per heavy atom. The number of carbonyl (C=O) groups excluding carboxylic acids is 2. The maximum Gasteiger partial charge on any atom is 0.306 e. The number of ether oxygens (including phenoxy) is 3. The molecular formula is C49H92O5. The van der Waals surface area contributed by atoms with Crippen LogP contribution in [0.3, 0.4) is 0 Å². The van der Waals surface area contributed by atoms with Crippen molar-refractivity contribution in [3.05, 3.63) is 24.3 Å². The highest BCUT2D eigenvalue weighted by atomic mass is 16.6. The Morgan fingerprint density at radius 1 is 0.407 bits per heavy atom. The number of hydrogen-bond acceptors (Lipinski definition) is 5. The van der Waals surface area contributed by atoms with Gasteiger partial charge in [0, 0.05) is 19.4 Å². The first-order valence-electron chi connectivity index (χ1n) is 23.9. The molecule has 0 aliphatic carbocycles. The minimum atomic E-state index is -0.533. The molecule has 1 atom stereocenters. The van der Waals surface area contributed by atoms with E-state index in [2.05, 4.69) is 45.1 Å². The molecule has 5 nitrogen and oxygen atoms in total. The minimum Gasteiger partial charge on any atom is -0.462 e. The van der Waals surface area contributed by atoms with Crippen molar-refractivity contribution in [2.45, 2.75) is 258 Å². The van der Waals surface area contributed by atoms with Crippen LogP contribution >= 0.6 is 0 Å². The van der Waals surface area contributed by atoms with Crippen LogP contribution in [0.2, 0.25) is 0 Å². The summed E-state index contributed by atoms with van der Waals surface area (Å²) in [5, 5.41) is 0. The van der Waals surface area contributed by atoms with E-state index in [0.717, 1.165) is 51.4 Å². The molecule has 54 heavy (non-hydrogen) atoms. The molecule has 0 aliphatic rings. The molecule has 318 valence electrons. The molecule has 0 rings (SSSR count). The van der Waals surface area contributed by atoms with Crippen molar-refractivity contribution in [3.63, 3.8) is 0 Å². The van der Waals surface area contributed by atoms with E-state index in [0.29, 0.717) is 19.4 Å². The lowest BCUT2D eigenvalue weighted by Gasteiger charge is -2.18. The molecule has 0 radical (unpaired) electrons. The molecular weight excluding hydrogens is 669 g/mol. The normalized spacial score (nSPS) is 12.3. The second-order valence-electron chi connectivity index (χ2n) is 16.0. The van der Waals surface area contributed by atoms with E-state index in [1.165, 1.54) is 167 Å². The maximum absolute atomic E-state index is 12.7. The average molecular weight is 761 g/mol. The molecule has 0 aromatic carbocycles. The number of allylic oxidation sites excluding steroid dienone is 4. The van der Waals surface area contributed by atoms with E-state index in [1.54, 1.807) is 0 Å². The van der Waals surface area contributed by atoms with Crippen LogP contribution in [0, 0.1) is 0 Å². The van der Waals surface area contributed by atoms with Crippen LogP contribution in [0.15, 0.2) is 24.3 Å². The molecule has 5 heteroatoms. The first kappa shape index (κ1) is 52.4. The molecule has 0 heterocycles. The average Bonchev–Trinajstić information content (AvgIpc) is 3.17. The number of carbonyl (C=O) groups is 2. The Hall–Kier alpha value is -1.62. The lowest BCUT2D eigenvalue weighted by molar-refractivity contribution is -0.163. The van der Waals surface area contributed by atoms with Crippen molar-refractivity contribution in [2.75, 3.05) is 19.8 Å². The maximum atomic E-state index is 12.7. The monoisotopic (exact) mass is 761 g/mol. The summed E-state index contributed by atoms with van der Waals surface area (Å²) < 4.78 is 17.3. The molecule has 0 spiro atoms. The van der Waals surface area contributed by atoms with Gasteiger partial charge in [0.05, 0.1) is 6.61 Å². The van der Waals surface area contributed by atoms with Crippen molar-refractivity contribution in [2.24, 2.45) is 0 Å². The summed E-state index contributed by atoms with van der Waals surface area (Å²) in [5.41, 5.74) is 0. The van der Waals surface area contributed by atoms with Crippen LogP contribution in [-0.4, -0.2) is 37.9 Å². The van der Waals surface area contributed by atoms with Crippen LogP contribution in [0.5, 0.6) is 0 Å². The van der Waals surface area contributed by atoms with Gasteiger partial charge >= 0.3 is 11.9 Å². The van der Waals surface area contributed by atoms with Crippen LogP contribution in [-0.2, 0) is 23.8 Å². The van der Waals surface area contributed by atoms with Gasteiger partial charge in [0.1, 0.15) is 6.61 Å². The fourth-order valence-corrected chi connectivity index (χ4v) is 6.90. The SMILES string of the molecule is CCC/C=C\C/C=C\CCCCCCCC(=O)OC(COCCCCCCCCCCCC)COC(=O)CCCCCCCCCCCCCCCCC. The minimum absolute atomic E-state index is 0.0866. The third-order valence-corrected chi connectivity index (χ3v) is 10.5. The van der Waals surface area contributed by atoms with Crippen molar-refractivity contribution in [3.8, 4) is 0 Å². The number of esters is 2. The highest BCUT2D eigenvalue weighted by molar-refractivity contribution is 5.70. The summed E-state index contributed by atoms with van der Waals surface area (Å²) in [4.78, 5) is 25.3. The number of rotatable bonds is 44. The summed E-state index contributed by atoms with van der Waals surface area (Å²) in [5.74, 6) is -0.400. The summed E-state index contributed by atoms with van der Waals surface area (Å²) in [6, 6.07) is 0. The highest BCUT2D eigenvalue weighted by Gasteiger charge is 2.17. The molecule has 0 bridgehead atoms. The van der Waals surface area contributed by atoms with E-state index in [4.69, 9.17) is 14.2 Å². The Morgan fingerprint density at radius 2 is 0.815 bits per heavy atom. The van der Waals surface area contributed by atoms with Crippen molar-refractivity contribution < 1.29 is 23.8 Å². The first-order valence-corrected chi connectivity index (χ1v) is 23.9. The Labute approximate surface area is 337 Å². The number of hydrogen-bond donors (Lipinski definition) is 0. The zero-order valence-corrected chi connectivity index (χ0v) is 36.5. The van der Waals surface area contributed by atoms with Gasteiger partial charge in [-0.3, -0.25) is 9.59 Å². The summed E-state index contributed by atoms with van der Waals surface area (Å²) in [6.07, 6.45) is 51.7. The predicted octanol–water partition coefficient (Wildman–Crippen LogP) is 15.7. The third-order valence-electron chi connectivity index (χ3n) is 10.5. The zero-order chi connectivity index (χ0) is 39.3. The van der Waals surface area contributed by atoms with E-state index in [1.807, 2.05) is 0 Å². The van der Waals surface area contributed by atoms with Gasteiger partial charge in [-0.1, -0.05) is 218 Å². The lowest BCUT2D eigenvalue weighted by atomic mass is 10.0. The fourth-order valence-electron chi connectivity index (χ4n) is 6.90. The second kappa shape index (κ2) is 45.8. The quantitative estimate of drug-likeness (QED) is 0.0352. The van der Waals surface area contributed by atoms with Gasteiger partial charge in [0.25, 0.3) is 0 Å². The van der Waals surface area contributed by atoms with Gasteiger partial charge < -0.3 is 14.2 Å². The Kier molecular flexibility index (Phi) is 44.4. The molecule has 1 unspecified atom stereocenters. The predicted molar refractivity (Wildman–Crippen MR) is 233 cm³/mol. The fraction of sp³-hybridized carbons (Fsp3) is 0.878. The van der Waals surface area contributed by atoms with Crippen LogP contribution in [0.4, 0.5) is 0 Å². The zero-order valence-electron chi connectivity index (χ0n) is 36.5. The Bertz CT molecular complexity index is 821. The van der Waals surface area contributed by atoms with Gasteiger partial charge in [-0.05, 0) is 44.9 Å². The molecule has 0 fully saturated rings. The van der Waals surface area contributed by atoms with Crippen LogP contribution in [0.25, 0.3) is 0 Å². The Balaban J connectivity index is 4.20. The van der Waals surface area contributed by atoms with Crippen LogP contribution in [0.1, 0.15) is 252 Å². The van der Waals surface area contributed by atoms with E-state index in [9.17, 15) is 9.59 Å². The van der Waals surface area contributed by atoms with Crippen molar-refractivity contribution >= 4 is 11.9 Å². The highest BCUT2D eigenvalue weighted by Crippen LogP contribution is 2.15. The van der Waals surface area contributed by atoms with Gasteiger partial charge in [0.15, 0.2) is 6.10 Å². The summed E-state index contributed by atoms with van der Waals surface area (Å²) >= 11 is 0. The molecule has 0 saturated heterocycles. The second-order valence-corrected chi connectivity index (χ2v) is 16.0. The topological polar surface area (TPSA) is 61.8 Å². The van der Waals surface area contributed by atoms with Crippen LogP contribution < -0.4 is 0 Å². The van der Waals surface area contributed by atoms with Crippen molar-refractivity contribution in [1.29, 1.82) is 0 Å². The molecule has 0 amide bonds. The number of unbranched alkanes of at least 4 members (excludes halogenated alkanes) is 29. The summed E-state index contributed by atoms with van der Waals surface area (Å²) in [6.45, 7) is 7.78. The molecule has 0 aliphatic heterocycles. The molecule has 0 saturated carbocycles. The molecule has 0 N–H and O–H groups in total. The largest absolute Gasteiger partial charge is 0.462 e. The molecule has 0 aromatic heterocycles. The van der Waals surface area contributed by atoms with Gasteiger partial charge in [-0.25, -0.2) is 0 Å². The van der Waals surface area contributed by atoms with E-state index < -0.39 is 6.10 Å². The van der Waals surface area contributed by atoms with Crippen molar-refractivity contribution in [1.82, 2.24) is 0 Å². The lowest BCUT2D eigenvalue weighted by Crippen LogP contribution is -2.30. The summed E-state index contributed by atoms with van der Waals surface area (Å²) in [7, 11) is 0. The van der Waals surface area contributed by atoms with Gasteiger partial charge in [-0.15, -0.1) is 0 Å². The van der Waals surface area contributed by atoms with E-state index >= 15 is 0 Å². The van der Waals surface area contributed by atoms with Gasteiger partial charge in [0.2, 0.25) is 0 Å². The van der Waals surface area contributed by atoms with E-state index in [-0.39, 0.29) is 25.2 Å². The third kappa shape index (κ3) is 43.1. The first-order chi connectivity index (χ1) is 26.6. The van der Waals surface area contributed by atoms with Gasteiger partial charge in [-0.2, -0.15) is 0 Å². The smallest absolute Gasteiger partial charge is 0.306 e.